The largest absolute Gasteiger partial charge is 0.383 e. The molecule has 1 atom stereocenters. The van der Waals surface area contributed by atoms with Gasteiger partial charge in [-0.25, -0.2) is 4.98 Å². The average Bonchev–Trinajstić information content (AvgIpc) is 3.10. The predicted molar refractivity (Wildman–Crippen MR) is 118 cm³/mol. The van der Waals surface area contributed by atoms with E-state index in [-0.39, 0.29) is 11.5 Å². The third kappa shape index (κ3) is 4.25. The Kier molecular flexibility index (Phi) is 6.61. The van der Waals surface area contributed by atoms with Crippen LogP contribution in [-0.4, -0.2) is 52.4 Å². The zero-order chi connectivity index (χ0) is 20.4. The molecule has 1 aliphatic carbocycles. The van der Waals surface area contributed by atoms with Crippen molar-refractivity contribution >= 4 is 39.2 Å². The van der Waals surface area contributed by atoms with Crippen LogP contribution in [0.15, 0.2) is 9.95 Å². The molecule has 8 heteroatoms. The van der Waals surface area contributed by atoms with Crippen molar-refractivity contribution in [1.82, 2.24) is 14.5 Å². The lowest BCUT2D eigenvalue weighted by atomic mass is 9.97. The van der Waals surface area contributed by atoms with E-state index in [1.54, 1.807) is 23.0 Å². The summed E-state index contributed by atoms with van der Waals surface area (Å²) in [7, 11) is 1.64. The van der Waals surface area contributed by atoms with E-state index in [4.69, 9.17) is 9.72 Å². The molecule has 4 rings (SSSR count). The van der Waals surface area contributed by atoms with Crippen LogP contribution in [0.2, 0.25) is 0 Å². The van der Waals surface area contributed by atoms with Crippen LogP contribution in [0.5, 0.6) is 0 Å². The molecule has 0 bridgehead atoms. The van der Waals surface area contributed by atoms with Gasteiger partial charge in [-0.05, 0) is 57.4 Å². The number of ether oxygens (including phenoxy) is 1. The van der Waals surface area contributed by atoms with Gasteiger partial charge in [0.05, 0.1) is 24.3 Å². The fourth-order valence-electron chi connectivity index (χ4n) is 4.39. The third-order valence-corrected chi connectivity index (χ3v) is 8.15. The van der Waals surface area contributed by atoms with Crippen LogP contribution in [0.3, 0.4) is 0 Å². The summed E-state index contributed by atoms with van der Waals surface area (Å²) >= 11 is 3.05. The van der Waals surface area contributed by atoms with Gasteiger partial charge in [0, 0.05) is 24.6 Å². The Morgan fingerprint density at radius 1 is 1.28 bits per heavy atom. The van der Waals surface area contributed by atoms with Crippen molar-refractivity contribution in [3.8, 4) is 0 Å². The first-order valence-electron chi connectivity index (χ1n) is 10.6. The van der Waals surface area contributed by atoms with E-state index in [1.165, 1.54) is 35.0 Å². The molecule has 0 radical (unpaired) electrons. The number of nitrogens with zero attached hydrogens (tertiary/aromatic N) is 3. The lowest BCUT2D eigenvalue weighted by Gasteiger charge is -2.33. The monoisotopic (exact) mass is 435 g/mol. The standard InChI is InChI=1S/C21H29N3O3S2/c1-14-7-5-6-10-23(14)17(25)13-28-21-22-19-18(20(26)24(21)11-12-27-2)15-8-3-4-9-16(15)29-19/h14H,3-13H2,1-2H3/t14-/m0/s1. The lowest BCUT2D eigenvalue weighted by Crippen LogP contribution is -2.43. The van der Waals surface area contributed by atoms with Crippen LogP contribution in [-0.2, 0) is 28.9 Å². The Morgan fingerprint density at radius 3 is 2.90 bits per heavy atom. The van der Waals surface area contributed by atoms with E-state index in [2.05, 4.69) is 6.92 Å². The number of aryl methyl sites for hydroxylation is 2. The maximum atomic E-state index is 13.4. The van der Waals surface area contributed by atoms with Gasteiger partial charge >= 0.3 is 0 Å². The van der Waals surface area contributed by atoms with Crippen LogP contribution < -0.4 is 5.56 Å². The molecule has 2 aromatic heterocycles. The van der Waals surface area contributed by atoms with E-state index in [0.717, 1.165) is 48.9 Å². The molecule has 0 spiro atoms. The molecule has 3 heterocycles. The minimum absolute atomic E-state index is 0.0211. The van der Waals surface area contributed by atoms with E-state index in [1.807, 2.05) is 4.90 Å². The van der Waals surface area contributed by atoms with Gasteiger partial charge in [0.15, 0.2) is 5.16 Å². The molecule has 158 valence electrons. The van der Waals surface area contributed by atoms with E-state index < -0.39 is 0 Å². The maximum absolute atomic E-state index is 13.4. The molecule has 0 aromatic carbocycles. The van der Waals surface area contributed by atoms with Gasteiger partial charge in [-0.3, -0.25) is 14.2 Å². The first-order chi connectivity index (χ1) is 14.1. The lowest BCUT2D eigenvalue weighted by molar-refractivity contribution is -0.131. The second-order valence-corrected chi connectivity index (χ2v) is 9.98. The second-order valence-electron chi connectivity index (χ2n) is 7.96. The number of rotatable bonds is 6. The molecule has 1 saturated heterocycles. The number of likely N-dealkylation sites (tertiary alicyclic amines) is 1. The van der Waals surface area contributed by atoms with Gasteiger partial charge in [-0.1, -0.05) is 11.8 Å². The number of thiophene rings is 1. The van der Waals surface area contributed by atoms with Crippen LogP contribution in [0.1, 0.15) is 49.5 Å². The number of methoxy groups -OCH3 is 1. The molecule has 2 aliphatic rings. The minimum Gasteiger partial charge on any atom is -0.383 e. The Bertz CT molecular complexity index is 953. The SMILES string of the molecule is COCCn1c(SCC(=O)N2CCCC[C@@H]2C)nc2sc3c(c2c1=O)CCCC3. The Labute approximate surface area is 179 Å². The quantitative estimate of drug-likeness (QED) is 0.513. The van der Waals surface area contributed by atoms with E-state index in [0.29, 0.717) is 30.1 Å². The van der Waals surface area contributed by atoms with Crippen molar-refractivity contribution < 1.29 is 9.53 Å². The molecular formula is C21H29N3O3S2. The highest BCUT2D eigenvalue weighted by Crippen LogP contribution is 2.34. The van der Waals surface area contributed by atoms with Gasteiger partial charge in [0.2, 0.25) is 5.91 Å². The van der Waals surface area contributed by atoms with Crippen LogP contribution >= 0.6 is 23.1 Å². The van der Waals surface area contributed by atoms with Gasteiger partial charge < -0.3 is 9.64 Å². The molecule has 2 aromatic rings. The molecule has 6 nitrogen and oxygen atoms in total. The summed E-state index contributed by atoms with van der Waals surface area (Å²) in [4.78, 5) is 35.1. The zero-order valence-corrected chi connectivity index (χ0v) is 18.9. The number of hydrogen-bond acceptors (Lipinski definition) is 6. The van der Waals surface area contributed by atoms with Crippen molar-refractivity contribution in [3.63, 3.8) is 0 Å². The number of amides is 1. The topological polar surface area (TPSA) is 64.4 Å². The summed E-state index contributed by atoms with van der Waals surface area (Å²) in [5.74, 6) is 0.459. The van der Waals surface area contributed by atoms with E-state index in [9.17, 15) is 9.59 Å². The molecular weight excluding hydrogens is 406 g/mol. The average molecular weight is 436 g/mol. The normalized spacial score (nSPS) is 19.5. The summed E-state index contributed by atoms with van der Waals surface area (Å²) in [5, 5.41) is 1.43. The highest BCUT2D eigenvalue weighted by atomic mass is 32.2. The Morgan fingerprint density at radius 2 is 2.10 bits per heavy atom. The van der Waals surface area contributed by atoms with Crippen molar-refractivity contribution in [2.45, 2.75) is 69.6 Å². The molecule has 0 N–H and O–H groups in total. The highest BCUT2D eigenvalue weighted by molar-refractivity contribution is 7.99. The zero-order valence-electron chi connectivity index (χ0n) is 17.2. The smallest absolute Gasteiger partial charge is 0.263 e. The third-order valence-electron chi connectivity index (χ3n) is 6.01. The number of piperidine rings is 1. The minimum atomic E-state index is 0.0211. The molecule has 1 aliphatic heterocycles. The first-order valence-corrected chi connectivity index (χ1v) is 12.4. The highest BCUT2D eigenvalue weighted by Gasteiger charge is 2.25. The summed E-state index contributed by atoms with van der Waals surface area (Å²) in [6.45, 7) is 3.86. The molecule has 1 fully saturated rings. The van der Waals surface area contributed by atoms with Crippen molar-refractivity contribution in [3.05, 3.63) is 20.8 Å². The summed E-state index contributed by atoms with van der Waals surface area (Å²) in [5.41, 5.74) is 1.22. The Balaban J connectivity index is 1.63. The molecule has 0 unspecified atom stereocenters. The van der Waals surface area contributed by atoms with Crippen LogP contribution in [0, 0.1) is 0 Å². The number of thioether (sulfide) groups is 1. The van der Waals surface area contributed by atoms with Crippen molar-refractivity contribution in [1.29, 1.82) is 0 Å². The van der Waals surface area contributed by atoms with Crippen molar-refractivity contribution in [2.75, 3.05) is 26.0 Å². The van der Waals surface area contributed by atoms with Gasteiger partial charge in [-0.2, -0.15) is 0 Å². The molecule has 1 amide bonds. The number of carbonyl (C=O) groups is 1. The van der Waals surface area contributed by atoms with Crippen molar-refractivity contribution in [2.24, 2.45) is 0 Å². The van der Waals surface area contributed by atoms with E-state index >= 15 is 0 Å². The van der Waals surface area contributed by atoms with Gasteiger partial charge in [-0.15, -0.1) is 11.3 Å². The summed E-state index contributed by atoms with van der Waals surface area (Å²) in [6.07, 6.45) is 7.66. The fraction of sp³-hybridized carbons (Fsp3) is 0.667. The Hall–Kier alpha value is -1.38. The number of aromatic nitrogens is 2. The first kappa shape index (κ1) is 20.9. The van der Waals surface area contributed by atoms with Crippen LogP contribution in [0.4, 0.5) is 0 Å². The molecule has 0 saturated carbocycles. The second kappa shape index (κ2) is 9.18. The number of fused-ring (bicyclic) bond motifs is 3. The number of hydrogen-bond donors (Lipinski definition) is 0. The van der Waals surface area contributed by atoms with Gasteiger partial charge in [0.1, 0.15) is 4.83 Å². The van der Waals surface area contributed by atoms with Crippen LogP contribution in [0.25, 0.3) is 10.2 Å². The fourth-order valence-corrected chi connectivity index (χ4v) is 6.60. The summed E-state index contributed by atoms with van der Waals surface area (Å²) in [6, 6.07) is 0.298. The number of carbonyl (C=O) groups excluding carboxylic acids is 1. The summed E-state index contributed by atoms with van der Waals surface area (Å²) < 4.78 is 6.94. The molecule has 29 heavy (non-hydrogen) atoms. The predicted octanol–water partition coefficient (Wildman–Crippen LogP) is 3.48. The maximum Gasteiger partial charge on any atom is 0.263 e. The van der Waals surface area contributed by atoms with Gasteiger partial charge in [0.25, 0.3) is 5.56 Å².